The second-order valence-electron chi connectivity index (χ2n) is 12.0. The second-order valence-corrected chi connectivity index (χ2v) is 12.0. The number of nitrogens with two attached hydrogens (primary N) is 1. The van der Waals surface area contributed by atoms with Crippen LogP contribution < -0.4 is 21.3 Å². The van der Waals surface area contributed by atoms with Crippen LogP contribution in [-0.2, 0) is 20.8 Å². The first kappa shape index (κ1) is 32.8. The Morgan fingerprint density at radius 3 is 2.30 bits per heavy atom. The number of Topliss-reactive ketones (excluding diaryl/α,β-unsaturated/α-hetero) is 2. The minimum absolute atomic E-state index is 0.00383. The highest BCUT2D eigenvalue weighted by Gasteiger charge is 2.64. The van der Waals surface area contributed by atoms with Gasteiger partial charge in [-0.2, -0.15) is 0 Å². The van der Waals surface area contributed by atoms with E-state index in [1.807, 2.05) is 0 Å². The van der Waals surface area contributed by atoms with E-state index in [2.05, 4.69) is 10.6 Å². The Hall–Kier alpha value is -5.55. The number of nitrogens with zero attached hydrogens (tertiary/aromatic N) is 3. The van der Waals surface area contributed by atoms with Gasteiger partial charge in [0.1, 0.15) is 28.6 Å². The van der Waals surface area contributed by atoms with Crippen LogP contribution in [-0.4, -0.2) is 93.6 Å². The number of carbonyl (C=O) groups excluding carboxylic acids is 4. The van der Waals surface area contributed by atoms with Crippen LogP contribution in [0.2, 0.25) is 0 Å². The Morgan fingerprint density at radius 2 is 1.72 bits per heavy atom. The van der Waals surface area contributed by atoms with Crippen molar-refractivity contribution in [3.63, 3.8) is 0 Å². The predicted octanol–water partition coefficient (Wildman–Crippen LogP) is 1.72. The summed E-state index contributed by atoms with van der Waals surface area (Å²) in [6.45, 7) is 0. The van der Waals surface area contributed by atoms with E-state index in [9.17, 15) is 54.1 Å². The lowest BCUT2D eigenvalue weighted by Crippen LogP contribution is -2.65. The van der Waals surface area contributed by atoms with Gasteiger partial charge in [-0.05, 0) is 56.6 Å². The maximum atomic E-state index is 14.1. The molecule has 1 saturated carbocycles. The number of likely N-dealkylation sites (N-methyl/N-ethyl adjacent to an activating group) is 1. The normalized spacial score (nSPS) is 23.6. The van der Waals surface area contributed by atoms with Crippen molar-refractivity contribution in [3.05, 3.63) is 68.2 Å². The van der Waals surface area contributed by atoms with Crippen molar-refractivity contribution in [2.45, 2.75) is 24.5 Å². The number of urea groups is 1. The van der Waals surface area contributed by atoms with E-state index >= 15 is 0 Å². The summed E-state index contributed by atoms with van der Waals surface area (Å²) in [5, 5.41) is 61.6. The molecule has 2 aromatic carbocycles. The number of halogens is 1. The van der Waals surface area contributed by atoms with Crippen LogP contribution in [0, 0.1) is 27.8 Å². The number of hydrogen-bond donors (Lipinski definition) is 7. The molecule has 1 fully saturated rings. The molecule has 3 aliphatic rings. The molecule has 8 N–H and O–H groups in total. The fourth-order valence-electron chi connectivity index (χ4n) is 6.82. The van der Waals surface area contributed by atoms with Gasteiger partial charge < -0.3 is 41.7 Å². The Morgan fingerprint density at radius 1 is 1.09 bits per heavy atom. The van der Waals surface area contributed by atoms with Crippen LogP contribution in [0.4, 0.5) is 31.9 Å². The molecule has 0 aliphatic heterocycles. The number of phenolic OH excluding ortho intramolecular Hbond substituents is 1. The molecule has 0 bridgehead atoms. The number of carbonyl (C=O) groups is 4. The summed E-state index contributed by atoms with van der Waals surface area (Å²) in [6, 6.07) is 1.52. The number of nitrogens with one attached hydrogen (secondary N) is 2. The first-order valence-electron chi connectivity index (χ1n) is 14.1. The van der Waals surface area contributed by atoms with Crippen molar-refractivity contribution in [2.24, 2.45) is 17.6 Å². The zero-order chi connectivity index (χ0) is 34.9. The highest BCUT2D eigenvalue weighted by molar-refractivity contribution is 6.24. The molecule has 2 aromatic rings. The molecule has 0 heterocycles. The van der Waals surface area contributed by atoms with E-state index in [1.54, 1.807) is 19.0 Å². The lowest BCUT2D eigenvalue weighted by atomic mass is 9.57. The summed E-state index contributed by atoms with van der Waals surface area (Å²) in [7, 11) is 6.26. The van der Waals surface area contributed by atoms with Gasteiger partial charge in [-0.3, -0.25) is 29.4 Å². The standard InChI is InChI=1S/C30H31FN6O10/c1-35(2)17-10-16(34-29(44)33-15-6-5-12(31)9-18(15)37(46)47)23(38)20-13(17)7-11-8-14-22(36(3)4)25(40)21(28(32)43)27(42)30(14,45)26(41)19(11)24(20)39/h5-6,9-11,14,22,38-39,42,45H,7-8H2,1-4H3,(H2,32,43)(H2,33,34,44)/t11-,14-,22-,30-/m0/s1. The van der Waals surface area contributed by atoms with Gasteiger partial charge in [0.15, 0.2) is 17.1 Å². The SMILES string of the molecule is CN(C)c1cc(NC(=O)Nc2ccc(F)cc2[N+](=O)[O-])c(O)c2c1C[C@H]1C[C@H]3[C@H](N(C)C)C(=O)C(C(N)=O)=C(O)[C@@]3(O)C(=O)C1=C2O. The molecule has 0 unspecified atom stereocenters. The zero-order valence-corrected chi connectivity index (χ0v) is 25.5. The van der Waals surface area contributed by atoms with Gasteiger partial charge in [0.25, 0.3) is 11.6 Å². The van der Waals surface area contributed by atoms with Gasteiger partial charge in [-0.15, -0.1) is 0 Å². The molecule has 4 atom stereocenters. The molecular weight excluding hydrogens is 623 g/mol. The molecule has 0 aromatic heterocycles. The van der Waals surface area contributed by atoms with E-state index < -0.39 is 86.3 Å². The van der Waals surface area contributed by atoms with Crippen LogP contribution in [0.3, 0.4) is 0 Å². The van der Waals surface area contributed by atoms with E-state index in [1.165, 1.54) is 25.1 Å². The van der Waals surface area contributed by atoms with Crippen molar-refractivity contribution in [2.75, 3.05) is 43.7 Å². The Labute approximate surface area is 265 Å². The minimum Gasteiger partial charge on any atom is -0.508 e. The number of aromatic hydroxyl groups is 1. The number of aliphatic hydroxyl groups is 3. The maximum Gasteiger partial charge on any atom is 0.323 e. The number of amides is 3. The number of aliphatic hydroxyl groups excluding tert-OH is 2. The first-order chi connectivity index (χ1) is 21.9. The topological polar surface area (TPSA) is 249 Å². The number of fused-ring (bicyclic) bond motifs is 3. The molecule has 0 spiro atoms. The number of ketones is 2. The Kier molecular flexibility index (Phi) is 7.93. The number of anilines is 3. The molecule has 0 saturated heterocycles. The Balaban J connectivity index is 1.62. The average Bonchev–Trinajstić information content (AvgIpc) is 2.96. The molecule has 3 amide bonds. The Bertz CT molecular complexity index is 1850. The smallest absolute Gasteiger partial charge is 0.323 e. The molecular formula is C30H31FN6O10. The lowest BCUT2D eigenvalue weighted by molar-refractivity contribution is -0.384. The lowest BCUT2D eigenvalue weighted by Gasteiger charge is -2.50. The van der Waals surface area contributed by atoms with Crippen LogP contribution in [0.15, 0.2) is 41.2 Å². The van der Waals surface area contributed by atoms with Crippen molar-refractivity contribution in [1.29, 1.82) is 0 Å². The zero-order valence-electron chi connectivity index (χ0n) is 25.5. The molecule has 16 nitrogen and oxygen atoms in total. The summed E-state index contributed by atoms with van der Waals surface area (Å²) in [4.78, 5) is 65.9. The van der Waals surface area contributed by atoms with Gasteiger partial charge in [0, 0.05) is 31.3 Å². The summed E-state index contributed by atoms with van der Waals surface area (Å²) in [5.41, 5.74) is 0.249. The van der Waals surface area contributed by atoms with Crippen molar-refractivity contribution in [3.8, 4) is 5.75 Å². The molecule has 17 heteroatoms. The fraction of sp³-hybridized carbons (Fsp3) is 0.333. The van der Waals surface area contributed by atoms with E-state index in [0.29, 0.717) is 17.3 Å². The molecule has 0 radical (unpaired) electrons. The third kappa shape index (κ3) is 4.99. The molecule has 3 aliphatic carbocycles. The summed E-state index contributed by atoms with van der Waals surface area (Å²) in [5.74, 6) is -9.13. The number of primary amides is 1. The third-order valence-electron chi connectivity index (χ3n) is 8.83. The second kappa shape index (κ2) is 11.4. The quantitative estimate of drug-likeness (QED) is 0.102. The maximum absolute atomic E-state index is 14.1. The van der Waals surface area contributed by atoms with Crippen molar-refractivity contribution >= 4 is 52.0 Å². The van der Waals surface area contributed by atoms with Crippen LogP contribution >= 0.6 is 0 Å². The van der Waals surface area contributed by atoms with E-state index in [4.69, 9.17) is 5.73 Å². The molecule has 47 heavy (non-hydrogen) atoms. The largest absolute Gasteiger partial charge is 0.508 e. The third-order valence-corrected chi connectivity index (χ3v) is 8.83. The molecule has 248 valence electrons. The van der Waals surface area contributed by atoms with Gasteiger partial charge in [0.05, 0.1) is 28.3 Å². The number of phenols is 1. The van der Waals surface area contributed by atoms with Gasteiger partial charge in [-0.1, -0.05) is 0 Å². The van der Waals surface area contributed by atoms with Crippen LogP contribution in [0.1, 0.15) is 17.5 Å². The highest BCUT2D eigenvalue weighted by atomic mass is 19.1. The predicted molar refractivity (Wildman–Crippen MR) is 164 cm³/mol. The first-order valence-corrected chi connectivity index (χ1v) is 14.1. The summed E-state index contributed by atoms with van der Waals surface area (Å²) < 4.78 is 13.6. The summed E-state index contributed by atoms with van der Waals surface area (Å²) in [6.07, 6.45) is -0.109. The van der Waals surface area contributed by atoms with Gasteiger partial charge in [-0.25, -0.2) is 9.18 Å². The van der Waals surface area contributed by atoms with Crippen molar-refractivity contribution in [1.82, 2.24) is 4.90 Å². The van der Waals surface area contributed by atoms with Gasteiger partial charge in [0.2, 0.25) is 5.78 Å². The number of nitro groups is 1. The fourth-order valence-corrected chi connectivity index (χ4v) is 6.82. The van der Waals surface area contributed by atoms with Gasteiger partial charge >= 0.3 is 6.03 Å². The van der Waals surface area contributed by atoms with Crippen molar-refractivity contribution < 1.29 is 48.9 Å². The number of nitro benzene ring substituents is 1. The number of benzene rings is 2. The number of hydrogen-bond acceptors (Lipinski definition) is 12. The number of rotatable bonds is 6. The van der Waals surface area contributed by atoms with Crippen LogP contribution in [0.25, 0.3) is 5.76 Å². The van der Waals surface area contributed by atoms with E-state index in [-0.39, 0.29) is 35.4 Å². The van der Waals surface area contributed by atoms with Crippen LogP contribution in [0.5, 0.6) is 5.75 Å². The monoisotopic (exact) mass is 654 g/mol. The average molecular weight is 655 g/mol. The minimum atomic E-state index is -2.83. The van der Waals surface area contributed by atoms with E-state index in [0.717, 1.165) is 12.1 Å². The highest BCUT2D eigenvalue weighted by Crippen LogP contribution is 2.54. The molecule has 5 rings (SSSR count). The summed E-state index contributed by atoms with van der Waals surface area (Å²) >= 11 is 0.